The number of furan rings is 1. The Morgan fingerprint density at radius 3 is 2.86 bits per heavy atom. The van der Waals surface area contributed by atoms with Crippen LogP contribution in [-0.4, -0.2) is 10.2 Å². The molecule has 3 rings (SSSR count). The summed E-state index contributed by atoms with van der Waals surface area (Å²) in [5, 5.41) is 6.89. The van der Waals surface area contributed by atoms with Crippen molar-refractivity contribution < 1.29 is 8.81 Å². The van der Waals surface area contributed by atoms with Crippen LogP contribution in [0.15, 0.2) is 41.0 Å². The van der Waals surface area contributed by atoms with Crippen molar-refractivity contribution in [3.63, 3.8) is 0 Å². The second-order valence-corrected chi connectivity index (χ2v) is 5.05. The summed E-state index contributed by atoms with van der Waals surface area (Å²) < 4.78 is 19.5. The topological polar surface area (TPSA) is 67.8 Å². The molecule has 0 saturated heterocycles. The van der Waals surface area contributed by atoms with Crippen molar-refractivity contribution in [2.75, 3.05) is 5.73 Å². The van der Waals surface area contributed by atoms with Crippen LogP contribution in [0.2, 0.25) is 5.02 Å². The Morgan fingerprint density at radius 1 is 1.24 bits per heavy atom. The normalized spacial score (nSPS) is 11.0. The summed E-state index contributed by atoms with van der Waals surface area (Å²) in [5.41, 5.74) is 7.53. The Hall–Kier alpha value is -2.27. The number of nitrogen functional groups attached to an aromatic ring is 1. The number of anilines is 1. The van der Waals surface area contributed by atoms with Crippen molar-refractivity contribution in [1.82, 2.24) is 10.2 Å². The predicted molar refractivity (Wildman–Crippen MR) is 79.5 cm³/mol. The number of aryl methyl sites for hydroxylation is 2. The van der Waals surface area contributed by atoms with Crippen LogP contribution in [0.25, 0.3) is 11.1 Å². The van der Waals surface area contributed by atoms with Crippen LogP contribution in [-0.2, 0) is 12.8 Å². The molecule has 0 spiro atoms. The van der Waals surface area contributed by atoms with Crippen LogP contribution in [0.3, 0.4) is 0 Å². The Labute approximate surface area is 125 Å². The van der Waals surface area contributed by atoms with Crippen LogP contribution >= 0.6 is 11.6 Å². The number of benzene rings is 1. The van der Waals surface area contributed by atoms with Gasteiger partial charge in [0, 0.05) is 23.2 Å². The van der Waals surface area contributed by atoms with Gasteiger partial charge in [0.05, 0.1) is 11.3 Å². The Balaban J connectivity index is 1.95. The fourth-order valence-electron chi connectivity index (χ4n) is 2.28. The first kappa shape index (κ1) is 13.7. The third kappa shape index (κ3) is 2.64. The average Bonchev–Trinajstić information content (AvgIpc) is 3.10. The number of nitrogens with one attached hydrogen (secondary N) is 1. The standard InChI is InChI=1S/C15H13ClFN3O/c16-11-5-1-4-10(14(11)17)13-12(19-20-15(13)18)7-6-9-3-2-8-21-9/h1-5,8H,6-7H2,(H3,18,19,20). The monoisotopic (exact) mass is 305 g/mol. The van der Waals surface area contributed by atoms with Crippen molar-refractivity contribution >= 4 is 17.4 Å². The summed E-state index contributed by atoms with van der Waals surface area (Å²) in [5.74, 6) is 0.609. The van der Waals surface area contributed by atoms with Gasteiger partial charge in [0.2, 0.25) is 0 Å². The van der Waals surface area contributed by atoms with E-state index in [0.717, 1.165) is 11.5 Å². The van der Waals surface area contributed by atoms with E-state index in [4.69, 9.17) is 21.8 Å². The number of rotatable bonds is 4. The van der Waals surface area contributed by atoms with Crippen molar-refractivity contribution in [3.8, 4) is 11.1 Å². The molecule has 0 aliphatic heterocycles. The van der Waals surface area contributed by atoms with Crippen LogP contribution in [0.4, 0.5) is 10.2 Å². The van der Waals surface area contributed by atoms with E-state index in [2.05, 4.69) is 10.2 Å². The van der Waals surface area contributed by atoms with Gasteiger partial charge in [0.25, 0.3) is 0 Å². The summed E-state index contributed by atoms with van der Waals surface area (Å²) in [7, 11) is 0. The number of nitrogens with two attached hydrogens (primary N) is 1. The maximum absolute atomic E-state index is 14.2. The van der Waals surface area contributed by atoms with Gasteiger partial charge in [-0.2, -0.15) is 5.10 Å². The number of H-pyrrole nitrogens is 1. The fraction of sp³-hybridized carbons (Fsp3) is 0.133. The molecule has 3 aromatic rings. The molecule has 0 bridgehead atoms. The highest BCUT2D eigenvalue weighted by Gasteiger charge is 2.18. The van der Waals surface area contributed by atoms with E-state index in [1.54, 1.807) is 18.4 Å². The van der Waals surface area contributed by atoms with E-state index in [-0.39, 0.29) is 10.8 Å². The molecule has 0 fully saturated rings. The minimum Gasteiger partial charge on any atom is -0.469 e. The molecule has 21 heavy (non-hydrogen) atoms. The molecule has 0 unspecified atom stereocenters. The molecule has 108 valence electrons. The zero-order valence-corrected chi connectivity index (χ0v) is 11.8. The molecule has 2 aromatic heterocycles. The number of halogens is 2. The maximum atomic E-state index is 14.2. The molecule has 6 heteroatoms. The van der Waals surface area contributed by atoms with E-state index in [1.807, 2.05) is 12.1 Å². The fourth-order valence-corrected chi connectivity index (χ4v) is 2.45. The van der Waals surface area contributed by atoms with Gasteiger partial charge in [-0.05, 0) is 24.6 Å². The third-order valence-electron chi connectivity index (χ3n) is 3.29. The van der Waals surface area contributed by atoms with Crippen molar-refractivity contribution in [3.05, 3.63) is 58.9 Å². The van der Waals surface area contributed by atoms with E-state index in [1.165, 1.54) is 6.07 Å². The summed E-state index contributed by atoms with van der Waals surface area (Å²) in [6, 6.07) is 8.54. The highest BCUT2D eigenvalue weighted by molar-refractivity contribution is 6.31. The van der Waals surface area contributed by atoms with Gasteiger partial charge in [0.15, 0.2) is 5.82 Å². The van der Waals surface area contributed by atoms with Gasteiger partial charge in [0.1, 0.15) is 11.6 Å². The van der Waals surface area contributed by atoms with Gasteiger partial charge in [-0.25, -0.2) is 4.39 Å². The Morgan fingerprint density at radius 2 is 2.10 bits per heavy atom. The van der Waals surface area contributed by atoms with Gasteiger partial charge < -0.3 is 10.2 Å². The predicted octanol–water partition coefficient (Wildman–Crippen LogP) is 3.83. The summed E-state index contributed by atoms with van der Waals surface area (Å²) >= 11 is 5.83. The SMILES string of the molecule is Nc1n[nH]c(CCc2ccco2)c1-c1cccc(Cl)c1F. The molecule has 4 nitrogen and oxygen atoms in total. The molecule has 2 heterocycles. The second kappa shape index (κ2) is 5.61. The summed E-state index contributed by atoms with van der Waals surface area (Å²) in [6.45, 7) is 0. The van der Waals surface area contributed by atoms with Gasteiger partial charge in [-0.3, -0.25) is 5.10 Å². The first-order valence-electron chi connectivity index (χ1n) is 6.46. The number of hydrogen-bond acceptors (Lipinski definition) is 3. The quantitative estimate of drug-likeness (QED) is 0.769. The highest BCUT2D eigenvalue weighted by Crippen LogP contribution is 2.33. The Kier molecular flexibility index (Phi) is 3.66. The number of nitrogens with zero attached hydrogens (tertiary/aromatic N) is 1. The van der Waals surface area contributed by atoms with E-state index in [9.17, 15) is 4.39 Å². The van der Waals surface area contributed by atoms with Gasteiger partial charge in [-0.1, -0.05) is 23.7 Å². The van der Waals surface area contributed by atoms with Crippen LogP contribution < -0.4 is 5.73 Å². The van der Waals surface area contributed by atoms with Crippen LogP contribution in [0.1, 0.15) is 11.5 Å². The van der Waals surface area contributed by atoms with E-state index < -0.39 is 5.82 Å². The average molecular weight is 306 g/mol. The lowest BCUT2D eigenvalue weighted by molar-refractivity contribution is 0.507. The lowest BCUT2D eigenvalue weighted by Crippen LogP contribution is -1.96. The zero-order valence-electron chi connectivity index (χ0n) is 11.1. The van der Waals surface area contributed by atoms with Crippen LogP contribution in [0, 0.1) is 5.82 Å². The van der Waals surface area contributed by atoms with E-state index >= 15 is 0 Å². The van der Waals surface area contributed by atoms with Crippen molar-refractivity contribution in [2.45, 2.75) is 12.8 Å². The van der Waals surface area contributed by atoms with Crippen molar-refractivity contribution in [1.29, 1.82) is 0 Å². The number of aromatic nitrogens is 2. The molecule has 0 radical (unpaired) electrons. The molecule has 0 amide bonds. The molecule has 0 saturated carbocycles. The lowest BCUT2D eigenvalue weighted by atomic mass is 10.0. The zero-order chi connectivity index (χ0) is 14.8. The highest BCUT2D eigenvalue weighted by atomic mass is 35.5. The minimum absolute atomic E-state index is 0.0603. The molecular weight excluding hydrogens is 293 g/mol. The van der Waals surface area contributed by atoms with Gasteiger partial charge >= 0.3 is 0 Å². The molecule has 0 atom stereocenters. The number of hydrogen-bond donors (Lipinski definition) is 2. The first-order chi connectivity index (χ1) is 10.2. The first-order valence-corrected chi connectivity index (χ1v) is 6.84. The molecule has 0 aliphatic rings. The minimum atomic E-state index is -0.494. The van der Waals surface area contributed by atoms with Crippen molar-refractivity contribution in [2.24, 2.45) is 0 Å². The third-order valence-corrected chi connectivity index (χ3v) is 3.58. The molecule has 0 aliphatic carbocycles. The number of aromatic amines is 1. The smallest absolute Gasteiger partial charge is 0.153 e. The largest absolute Gasteiger partial charge is 0.469 e. The second-order valence-electron chi connectivity index (χ2n) is 4.64. The van der Waals surface area contributed by atoms with E-state index in [0.29, 0.717) is 24.0 Å². The molecule has 1 aromatic carbocycles. The summed E-state index contributed by atoms with van der Waals surface area (Å²) in [4.78, 5) is 0. The Bertz CT molecular complexity index is 752. The summed E-state index contributed by atoms with van der Waals surface area (Å²) in [6.07, 6.45) is 2.90. The lowest BCUT2D eigenvalue weighted by Gasteiger charge is -2.06. The van der Waals surface area contributed by atoms with Crippen LogP contribution in [0.5, 0.6) is 0 Å². The van der Waals surface area contributed by atoms with Gasteiger partial charge in [-0.15, -0.1) is 0 Å². The molecular formula is C15H13ClFN3O. The molecule has 3 N–H and O–H groups in total. The maximum Gasteiger partial charge on any atom is 0.153 e.